The molecule has 0 bridgehead atoms. The van der Waals surface area contributed by atoms with E-state index in [2.05, 4.69) is 9.88 Å². The molecule has 1 aromatic heterocycles. The molecule has 1 saturated heterocycles. The molecule has 0 aliphatic carbocycles. The van der Waals surface area contributed by atoms with Gasteiger partial charge in [0.2, 0.25) is 0 Å². The maximum Gasteiger partial charge on any atom is 0.284 e. The molecular weight excluding hydrogens is 380 g/mol. The third-order valence-electron chi connectivity index (χ3n) is 5.72. The van der Waals surface area contributed by atoms with Gasteiger partial charge in [-0.05, 0) is 38.5 Å². The number of ether oxygens (including phenoxy) is 1. The van der Waals surface area contributed by atoms with E-state index < -0.39 is 29.7 Å². The zero-order valence-corrected chi connectivity index (χ0v) is 16.4. The summed E-state index contributed by atoms with van der Waals surface area (Å²) in [5, 5.41) is 0. The van der Waals surface area contributed by atoms with Gasteiger partial charge in [0.1, 0.15) is 17.7 Å². The minimum absolute atomic E-state index is 0.0183. The number of aromatic nitrogens is 2. The molecule has 1 amide bonds. The number of carbonyl (C=O) groups is 1. The molecule has 0 saturated carbocycles. The topological polar surface area (TPSA) is 99.4 Å². The molecule has 0 unspecified atom stereocenters. The van der Waals surface area contributed by atoms with E-state index in [9.17, 15) is 13.6 Å². The molecule has 4 N–H and O–H groups in total. The van der Waals surface area contributed by atoms with Crippen molar-refractivity contribution < 1.29 is 18.3 Å². The molecule has 2 aromatic rings. The lowest BCUT2D eigenvalue weighted by molar-refractivity contribution is -0.0535. The van der Waals surface area contributed by atoms with Gasteiger partial charge in [-0.25, -0.2) is 13.8 Å². The highest BCUT2D eigenvalue weighted by atomic mass is 19.1. The highest BCUT2D eigenvalue weighted by molar-refractivity contribution is 5.89. The smallest absolute Gasteiger partial charge is 0.284 e. The minimum atomic E-state index is -0.684. The molecule has 4 rings (SSSR count). The van der Waals surface area contributed by atoms with Gasteiger partial charge in [0.15, 0.2) is 5.82 Å². The fourth-order valence-corrected chi connectivity index (χ4v) is 4.39. The van der Waals surface area contributed by atoms with Crippen LogP contribution in [0, 0.1) is 11.6 Å². The van der Waals surface area contributed by atoms with Crippen LogP contribution in [0.3, 0.4) is 0 Å². The van der Waals surface area contributed by atoms with E-state index in [1.54, 1.807) is 0 Å². The Bertz CT molecular complexity index is 945. The van der Waals surface area contributed by atoms with Gasteiger partial charge in [-0.2, -0.15) is 0 Å². The first-order valence-corrected chi connectivity index (χ1v) is 9.72. The second-order valence-electron chi connectivity index (χ2n) is 8.03. The third-order valence-corrected chi connectivity index (χ3v) is 5.72. The molecule has 29 heavy (non-hydrogen) atoms. The molecule has 156 valence electrons. The van der Waals surface area contributed by atoms with E-state index in [1.807, 2.05) is 18.4 Å². The third kappa shape index (κ3) is 3.54. The minimum Gasteiger partial charge on any atom is -0.370 e. The predicted octanol–water partition coefficient (Wildman–Crippen LogP) is 2.01. The summed E-state index contributed by atoms with van der Waals surface area (Å²) in [5.74, 6) is -1.30. The van der Waals surface area contributed by atoms with E-state index >= 15 is 0 Å². The summed E-state index contributed by atoms with van der Waals surface area (Å²) in [7, 11) is 0. The van der Waals surface area contributed by atoms with Crippen molar-refractivity contribution in [3.63, 3.8) is 0 Å². The number of nitrogens with two attached hydrogens (primary N) is 2. The largest absolute Gasteiger partial charge is 0.370 e. The van der Waals surface area contributed by atoms with Crippen molar-refractivity contribution in [2.75, 3.05) is 6.61 Å². The van der Waals surface area contributed by atoms with Gasteiger partial charge in [0, 0.05) is 36.8 Å². The van der Waals surface area contributed by atoms with Crippen LogP contribution in [0.2, 0.25) is 0 Å². The number of halogens is 2. The molecule has 0 spiro atoms. The monoisotopic (exact) mass is 405 g/mol. The SMILES string of the molecule is CC(C)n1c(C(N)=O)nc2c1CN([C@H]1CO[C@H](c3cc(F)ccc3F)[C@@H](N)C1)C2. The Hall–Kier alpha value is -2.36. The molecule has 1 aromatic carbocycles. The van der Waals surface area contributed by atoms with Gasteiger partial charge in [-0.1, -0.05) is 0 Å². The molecule has 3 heterocycles. The van der Waals surface area contributed by atoms with Crippen molar-refractivity contribution in [1.82, 2.24) is 14.5 Å². The number of rotatable bonds is 4. The van der Waals surface area contributed by atoms with Gasteiger partial charge < -0.3 is 20.8 Å². The van der Waals surface area contributed by atoms with Crippen molar-refractivity contribution in [3.05, 3.63) is 52.6 Å². The summed E-state index contributed by atoms with van der Waals surface area (Å²) in [5.41, 5.74) is 13.7. The Morgan fingerprint density at radius 3 is 2.72 bits per heavy atom. The molecular formula is C20H25F2N5O2. The van der Waals surface area contributed by atoms with Crippen molar-refractivity contribution in [3.8, 4) is 0 Å². The normalized spacial score (nSPS) is 24.8. The van der Waals surface area contributed by atoms with Gasteiger partial charge in [0.05, 0.1) is 18.0 Å². The lowest BCUT2D eigenvalue weighted by atomic mass is 9.93. The van der Waals surface area contributed by atoms with Crippen LogP contribution in [0.4, 0.5) is 8.78 Å². The number of fused-ring (bicyclic) bond motifs is 1. The van der Waals surface area contributed by atoms with Crippen LogP contribution >= 0.6 is 0 Å². The van der Waals surface area contributed by atoms with Gasteiger partial charge in [-0.15, -0.1) is 0 Å². The molecule has 3 atom stereocenters. The summed E-state index contributed by atoms with van der Waals surface area (Å²) in [6, 6.07) is 2.92. The number of imidazole rings is 1. The van der Waals surface area contributed by atoms with E-state index in [-0.39, 0.29) is 23.5 Å². The fraction of sp³-hybridized carbons (Fsp3) is 0.500. The summed E-state index contributed by atoms with van der Waals surface area (Å²) in [4.78, 5) is 18.3. The number of amides is 1. The van der Waals surface area contributed by atoms with Gasteiger partial charge in [0.25, 0.3) is 5.91 Å². The second-order valence-corrected chi connectivity index (χ2v) is 8.03. The Morgan fingerprint density at radius 2 is 2.07 bits per heavy atom. The van der Waals surface area contributed by atoms with Gasteiger partial charge in [-0.3, -0.25) is 9.69 Å². The van der Waals surface area contributed by atoms with Crippen LogP contribution in [-0.2, 0) is 17.8 Å². The number of benzene rings is 1. The standard InChI is InChI=1S/C20H25F2N5O2/c1-10(2)27-17-8-26(7-16(17)25-20(27)19(24)28)12-6-15(23)18(29-9-12)13-5-11(21)3-4-14(13)22/h3-5,10,12,15,18H,6-9,23H2,1-2H3,(H2,24,28)/t12-,15+,18-/m1/s1. The molecule has 1 fully saturated rings. The lowest BCUT2D eigenvalue weighted by Gasteiger charge is -2.38. The Balaban J connectivity index is 1.49. The van der Waals surface area contributed by atoms with E-state index in [4.69, 9.17) is 16.2 Å². The zero-order chi connectivity index (χ0) is 20.9. The number of nitrogens with zero attached hydrogens (tertiary/aromatic N) is 3. The highest BCUT2D eigenvalue weighted by Crippen LogP contribution is 2.35. The summed E-state index contributed by atoms with van der Waals surface area (Å²) in [6.07, 6.45) is -0.106. The average Bonchev–Trinajstić information content (AvgIpc) is 3.21. The first-order chi connectivity index (χ1) is 13.8. The zero-order valence-electron chi connectivity index (χ0n) is 16.4. The highest BCUT2D eigenvalue weighted by Gasteiger charge is 2.38. The molecule has 2 aliphatic rings. The lowest BCUT2D eigenvalue weighted by Crippen LogP contribution is -2.48. The van der Waals surface area contributed by atoms with Crippen molar-refractivity contribution >= 4 is 5.91 Å². The molecule has 9 heteroatoms. The van der Waals surface area contributed by atoms with Crippen LogP contribution < -0.4 is 11.5 Å². The molecule has 2 aliphatic heterocycles. The first-order valence-electron chi connectivity index (χ1n) is 9.72. The fourth-order valence-electron chi connectivity index (χ4n) is 4.39. The van der Waals surface area contributed by atoms with Crippen molar-refractivity contribution in [2.24, 2.45) is 11.5 Å². The quantitative estimate of drug-likeness (QED) is 0.811. The maximum absolute atomic E-state index is 14.1. The first kappa shape index (κ1) is 19.9. The Kier molecular flexibility index (Phi) is 5.14. The van der Waals surface area contributed by atoms with Gasteiger partial charge >= 0.3 is 0 Å². The summed E-state index contributed by atoms with van der Waals surface area (Å²) >= 11 is 0. The summed E-state index contributed by atoms with van der Waals surface area (Å²) in [6.45, 7) is 5.48. The average molecular weight is 405 g/mol. The maximum atomic E-state index is 14.1. The van der Waals surface area contributed by atoms with Crippen LogP contribution in [0.25, 0.3) is 0 Å². The number of carbonyl (C=O) groups excluding carboxylic acids is 1. The predicted molar refractivity (Wildman–Crippen MR) is 102 cm³/mol. The Morgan fingerprint density at radius 1 is 1.31 bits per heavy atom. The molecule has 0 radical (unpaired) electrons. The van der Waals surface area contributed by atoms with E-state index in [0.717, 1.165) is 29.6 Å². The second kappa shape index (κ2) is 7.47. The van der Waals surface area contributed by atoms with Crippen LogP contribution in [0.1, 0.15) is 60.0 Å². The number of primary amides is 1. The van der Waals surface area contributed by atoms with Crippen LogP contribution in [0.5, 0.6) is 0 Å². The Labute approximate surface area is 167 Å². The van der Waals surface area contributed by atoms with Crippen molar-refractivity contribution in [1.29, 1.82) is 0 Å². The van der Waals surface area contributed by atoms with E-state index in [0.29, 0.717) is 26.1 Å². The van der Waals surface area contributed by atoms with Crippen LogP contribution in [0.15, 0.2) is 18.2 Å². The number of hydrogen-bond acceptors (Lipinski definition) is 5. The van der Waals surface area contributed by atoms with E-state index in [1.165, 1.54) is 0 Å². The van der Waals surface area contributed by atoms with Crippen LogP contribution in [-0.4, -0.2) is 39.0 Å². The molecule has 7 nitrogen and oxygen atoms in total. The number of hydrogen-bond donors (Lipinski definition) is 2. The summed E-state index contributed by atoms with van der Waals surface area (Å²) < 4.78 is 35.4. The van der Waals surface area contributed by atoms with Crippen molar-refractivity contribution in [2.45, 2.75) is 57.6 Å².